The van der Waals surface area contributed by atoms with Crippen LogP contribution in [-0.2, 0) is 14.3 Å². The lowest BCUT2D eigenvalue weighted by atomic mass is 9.75. The molecule has 1 fully saturated rings. The summed E-state index contributed by atoms with van der Waals surface area (Å²) in [4.78, 5) is 23.7. The SMILES string of the molecule is CC(C)[C@H]1CC[C@@H](C)CC1OC(=O)CC1=CC[C@@H](O)C1=O. The summed E-state index contributed by atoms with van der Waals surface area (Å²) in [6, 6.07) is 0. The highest BCUT2D eigenvalue weighted by Gasteiger charge is 2.34. The zero-order valence-corrected chi connectivity index (χ0v) is 13.2. The molecule has 0 aliphatic heterocycles. The number of hydrogen-bond donors (Lipinski definition) is 1. The van der Waals surface area contributed by atoms with Gasteiger partial charge in [0.25, 0.3) is 0 Å². The van der Waals surface area contributed by atoms with Crippen LogP contribution in [0.4, 0.5) is 0 Å². The van der Waals surface area contributed by atoms with Gasteiger partial charge >= 0.3 is 5.97 Å². The van der Waals surface area contributed by atoms with Gasteiger partial charge in [0.2, 0.25) is 0 Å². The summed E-state index contributed by atoms with van der Waals surface area (Å²) >= 11 is 0. The van der Waals surface area contributed by atoms with E-state index in [1.165, 1.54) is 6.42 Å². The molecule has 0 amide bonds. The molecule has 0 aromatic rings. The molecule has 4 atom stereocenters. The van der Waals surface area contributed by atoms with E-state index in [2.05, 4.69) is 20.8 Å². The van der Waals surface area contributed by atoms with E-state index in [0.29, 0.717) is 29.7 Å². The van der Waals surface area contributed by atoms with E-state index in [9.17, 15) is 14.7 Å². The van der Waals surface area contributed by atoms with Crippen molar-refractivity contribution in [1.29, 1.82) is 0 Å². The van der Waals surface area contributed by atoms with Gasteiger partial charge in [0, 0.05) is 5.57 Å². The number of aliphatic hydroxyl groups excluding tert-OH is 1. The number of aliphatic hydroxyl groups is 1. The van der Waals surface area contributed by atoms with Crippen molar-refractivity contribution < 1.29 is 19.4 Å². The van der Waals surface area contributed by atoms with Gasteiger partial charge in [0.15, 0.2) is 5.78 Å². The molecule has 0 saturated heterocycles. The standard InChI is InChI=1S/C17H26O4/c1-10(2)13-6-4-11(3)8-15(13)21-16(19)9-12-5-7-14(18)17(12)20/h5,10-11,13-15,18H,4,6-9H2,1-3H3/t11-,13-,14-,15?/m1/s1. The molecule has 2 rings (SSSR count). The van der Waals surface area contributed by atoms with Gasteiger partial charge in [-0.1, -0.05) is 33.3 Å². The minimum absolute atomic E-state index is 0.00834. The molecular weight excluding hydrogens is 268 g/mol. The first-order valence-corrected chi connectivity index (χ1v) is 7.99. The maximum Gasteiger partial charge on any atom is 0.310 e. The Bertz CT molecular complexity index is 438. The molecule has 0 aromatic carbocycles. The molecule has 118 valence electrons. The van der Waals surface area contributed by atoms with Crippen molar-refractivity contribution in [3.63, 3.8) is 0 Å². The first-order valence-electron chi connectivity index (χ1n) is 7.99. The van der Waals surface area contributed by atoms with Gasteiger partial charge in [-0.3, -0.25) is 9.59 Å². The molecule has 1 unspecified atom stereocenters. The minimum atomic E-state index is -0.967. The lowest BCUT2D eigenvalue weighted by Gasteiger charge is -2.36. The number of ether oxygens (including phenoxy) is 1. The van der Waals surface area contributed by atoms with Gasteiger partial charge in [-0.2, -0.15) is 0 Å². The van der Waals surface area contributed by atoms with Gasteiger partial charge < -0.3 is 9.84 Å². The molecule has 4 heteroatoms. The van der Waals surface area contributed by atoms with E-state index < -0.39 is 6.10 Å². The van der Waals surface area contributed by atoms with Crippen LogP contribution in [0.3, 0.4) is 0 Å². The van der Waals surface area contributed by atoms with E-state index in [1.807, 2.05) is 0 Å². The van der Waals surface area contributed by atoms with Gasteiger partial charge in [-0.15, -0.1) is 0 Å². The monoisotopic (exact) mass is 294 g/mol. The maximum absolute atomic E-state index is 12.1. The van der Waals surface area contributed by atoms with Crippen molar-refractivity contribution in [2.45, 2.75) is 65.1 Å². The molecule has 1 N–H and O–H groups in total. The van der Waals surface area contributed by atoms with Crippen LogP contribution in [0.5, 0.6) is 0 Å². The van der Waals surface area contributed by atoms with Crippen LogP contribution >= 0.6 is 0 Å². The lowest BCUT2D eigenvalue weighted by Crippen LogP contribution is -2.36. The third-order valence-corrected chi connectivity index (χ3v) is 4.79. The van der Waals surface area contributed by atoms with Crippen molar-refractivity contribution in [1.82, 2.24) is 0 Å². The van der Waals surface area contributed by atoms with Crippen molar-refractivity contribution >= 4 is 11.8 Å². The van der Waals surface area contributed by atoms with E-state index >= 15 is 0 Å². The normalized spacial score (nSPS) is 33.2. The van der Waals surface area contributed by atoms with Gasteiger partial charge in [0.05, 0.1) is 6.42 Å². The molecular formula is C17H26O4. The molecule has 1 saturated carbocycles. The highest BCUT2D eigenvalue weighted by Crippen LogP contribution is 2.35. The molecule has 21 heavy (non-hydrogen) atoms. The molecule has 2 aliphatic rings. The molecule has 0 spiro atoms. The summed E-state index contributed by atoms with van der Waals surface area (Å²) < 4.78 is 5.67. The Hall–Kier alpha value is -1.16. The fourth-order valence-electron chi connectivity index (χ4n) is 3.45. The summed E-state index contributed by atoms with van der Waals surface area (Å²) in [7, 11) is 0. The fraction of sp³-hybridized carbons (Fsp3) is 0.765. The highest BCUT2D eigenvalue weighted by atomic mass is 16.5. The number of rotatable bonds is 4. The molecule has 0 aromatic heterocycles. The van der Waals surface area contributed by atoms with Crippen molar-refractivity contribution in [2.24, 2.45) is 17.8 Å². The Kier molecular flexibility index (Phi) is 5.20. The second kappa shape index (κ2) is 6.73. The van der Waals surface area contributed by atoms with Crippen LogP contribution in [0, 0.1) is 17.8 Å². The number of Topliss-reactive ketones (excluding diaryl/α,β-unsaturated/α-hetero) is 1. The van der Waals surface area contributed by atoms with Crippen LogP contribution < -0.4 is 0 Å². The average Bonchev–Trinajstić information content (AvgIpc) is 2.70. The smallest absolute Gasteiger partial charge is 0.310 e. The van der Waals surface area contributed by atoms with E-state index in [-0.39, 0.29) is 24.3 Å². The van der Waals surface area contributed by atoms with Crippen molar-refractivity contribution in [2.75, 3.05) is 0 Å². The van der Waals surface area contributed by atoms with Crippen LogP contribution in [0.2, 0.25) is 0 Å². The Balaban J connectivity index is 1.92. The zero-order chi connectivity index (χ0) is 15.6. The summed E-state index contributed by atoms with van der Waals surface area (Å²) in [5.41, 5.74) is 0.400. The largest absolute Gasteiger partial charge is 0.462 e. The van der Waals surface area contributed by atoms with Gasteiger partial charge in [0.1, 0.15) is 12.2 Å². The Morgan fingerprint density at radius 2 is 2.14 bits per heavy atom. The quantitative estimate of drug-likeness (QED) is 0.810. The summed E-state index contributed by atoms with van der Waals surface area (Å²) in [6.45, 7) is 6.53. The number of ketones is 1. The van der Waals surface area contributed by atoms with E-state index in [0.717, 1.165) is 12.8 Å². The topological polar surface area (TPSA) is 63.6 Å². The lowest BCUT2D eigenvalue weighted by molar-refractivity contribution is -0.155. The number of hydrogen-bond acceptors (Lipinski definition) is 4. The predicted molar refractivity (Wildman–Crippen MR) is 79.6 cm³/mol. The van der Waals surface area contributed by atoms with Crippen molar-refractivity contribution in [3.05, 3.63) is 11.6 Å². The van der Waals surface area contributed by atoms with E-state index in [4.69, 9.17) is 4.74 Å². The molecule has 0 heterocycles. The minimum Gasteiger partial charge on any atom is -0.462 e. The maximum atomic E-state index is 12.1. The second-order valence-corrected chi connectivity index (χ2v) is 6.88. The van der Waals surface area contributed by atoms with E-state index in [1.54, 1.807) is 6.08 Å². The third-order valence-electron chi connectivity index (χ3n) is 4.79. The third kappa shape index (κ3) is 3.94. The highest BCUT2D eigenvalue weighted by molar-refractivity contribution is 6.04. The van der Waals surface area contributed by atoms with Crippen molar-refractivity contribution in [3.8, 4) is 0 Å². The summed E-state index contributed by atoms with van der Waals surface area (Å²) in [5.74, 6) is 0.804. The summed E-state index contributed by atoms with van der Waals surface area (Å²) in [6.07, 6.45) is 4.14. The Morgan fingerprint density at radius 3 is 2.71 bits per heavy atom. The number of carbonyl (C=O) groups is 2. The average molecular weight is 294 g/mol. The molecule has 0 radical (unpaired) electrons. The van der Waals surface area contributed by atoms with Gasteiger partial charge in [-0.25, -0.2) is 0 Å². The number of esters is 1. The van der Waals surface area contributed by atoms with Crippen LogP contribution in [0.25, 0.3) is 0 Å². The second-order valence-electron chi connectivity index (χ2n) is 6.88. The van der Waals surface area contributed by atoms with Crippen LogP contribution in [-0.4, -0.2) is 29.1 Å². The molecule has 4 nitrogen and oxygen atoms in total. The first-order chi connectivity index (χ1) is 9.88. The predicted octanol–water partition coefficient (Wildman–Crippen LogP) is 2.64. The Labute approximate surface area is 126 Å². The van der Waals surface area contributed by atoms with Gasteiger partial charge in [-0.05, 0) is 37.0 Å². The fourth-order valence-corrected chi connectivity index (χ4v) is 3.45. The molecule has 0 bridgehead atoms. The zero-order valence-electron chi connectivity index (χ0n) is 13.2. The summed E-state index contributed by atoms with van der Waals surface area (Å²) in [5, 5.41) is 9.40. The number of carbonyl (C=O) groups excluding carboxylic acids is 2. The first kappa shape index (κ1) is 16.2. The van der Waals surface area contributed by atoms with Crippen LogP contribution in [0.1, 0.15) is 52.9 Å². The molecule has 2 aliphatic carbocycles. The Morgan fingerprint density at radius 1 is 1.43 bits per heavy atom. The van der Waals surface area contributed by atoms with Crippen LogP contribution in [0.15, 0.2) is 11.6 Å².